The topological polar surface area (TPSA) is 151 Å². The minimum absolute atomic E-state index is 0.0710. The molecule has 10 rings (SSSR count). The van der Waals surface area contributed by atoms with Crippen LogP contribution in [0.4, 0.5) is 11.4 Å². The van der Waals surface area contributed by atoms with Gasteiger partial charge in [0.25, 0.3) is 0 Å². The second-order valence-corrected chi connectivity index (χ2v) is 14.9. The van der Waals surface area contributed by atoms with Gasteiger partial charge in [0.1, 0.15) is 39.8 Å². The lowest BCUT2D eigenvalue weighted by Crippen LogP contribution is -2.33. The molecule has 0 unspecified atom stereocenters. The van der Waals surface area contributed by atoms with Crippen molar-refractivity contribution in [1.29, 1.82) is 0 Å². The zero-order chi connectivity index (χ0) is 43.2. The van der Waals surface area contributed by atoms with E-state index in [1.807, 2.05) is 81.7 Å². The monoisotopic (exact) mass is 857 g/mol. The van der Waals surface area contributed by atoms with Crippen molar-refractivity contribution in [1.82, 2.24) is 4.98 Å². The molecule has 2 N–H and O–H groups in total. The van der Waals surface area contributed by atoms with E-state index in [2.05, 4.69) is 15.6 Å². The summed E-state index contributed by atoms with van der Waals surface area (Å²) < 4.78 is 33.3. The summed E-state index contributed by atoms with van der Waals surface area (Å²) in [7, 11) is 6.76. The second kappa shape index (κ2) is 16.2. The van der Waals surface area contributed by atoms with Gasteiger partial charge in [-0.05, 0) is 74.0 Å². The Balaban J connectivity index is 0.000000133. The molecule has 4 heterocycles. The van der Waals surface area contributed by atoms with Crippen molar-refractivity contribution >= 4 is 62.6 Å². The molecule has 0 radical (unpaired) electrons. The Morgan fingerprint density at radius 1 is 0.672 bits per heavy atom. The van der Waals surface area contributed by atoms with E-state index in [-0.39, 0.29) is 17.0 Å². The number of aryl methyl sites for hydroxylation is 1. The van der Waals surface area contributed by atoms with E-state index >= 15 is 0 Å². The van der Waals surface area contributed by atoms with Crippen molar-refractivity contribution in [2.45, 2.75) is 19.4 Å². The summed E-state index contributed by atoms with van der Waals surface area (Å²) in [4.78, 5) is 39.9. The fourth-order valence-corrected chi connectivity index (χ4v) is 7.90. The second-order valence-electron chi connectivity index (χ2n) is 14.1. The molecule has 0 saturated carbocycles. The molecule has 1 spiro atoms. The molecule has 5 aromatic carbocycles. The minimum atomic E-state index is -1.00. The summed E-state index contributed by atoms with van der Waals surface area (Å²) in [6, 6.07) is 30.5. The van der Waals surface area contributed by atoms with Crippen LogP contribution in [0.2, 0.25) is 10.0 Å². The SMILES string of the molecule is CNc1ccc2c(c1)Oc1cc(NC)ccc1C21OC(=O)c2ccccc21.COc1cc2oc(=O)cc(C)c2cc1Cl.COc1cc2oc3c(C)c(=O)ccc-3nc2cc1Cl. The summed E-state index contributed by atoms with van der Waals surface area (Å²) in [6.07, 6.45) is 0. The fraction of sp³-hybridized carbons (Fsp3) is 0.149. The molecule has 308 valence electrons. The number of esters is 1. The number of methoxy groups -OCH3 is 2. The van der Waals surface area contributed by atoms with Gasteiger partial charge in [0.2, 0.25) is 0 Å². The molecule has 61 heavy (non-hydrogen) atoms. The van der Waals surface area contributed by atoms with Crippen LogP contribution in [0.1, 0.15) is 38.2 Å². The van der Waals surface area contributed by atoms with Crippen LogP contribution < -0.4 is 35.9 Å². The van der Waals surface area contributed by atoms with Crippen LogP contribution in [-0.4, -0.2) is 39.3 Å². The molecule has 3 aliphatic heterocycles. The molecular formula is C47H37Cl2N3O9. The van der Waals surface area contributed by atoms with Gasteiger partial charge in [-0.2, -0.15) is 0 Å². The zero-order valence-corrected chi connectivity index (χ0v) is 35.2. The highest BCUT2D eigenvalue weighted by molar-refractivity contribution is 6.33. The van der Waals surface area contributed by atoms with E-state index in [1.54, 1.807) is 37.3 Å². The largest absolute Gasteiger partial charge is 0.495 e. The highest BCUT2D eigenvalue weighted by atomic mass is 35.5. The number of hydrogen-bond donors (Lipinski definition) is 2. The molecule has 0 atom stereocenters. The van der Waals surface area contributed by atoms with Gasteiger partial charge >= 0.3 is 11.6 Å². The van der Waals surface area contributed by atoms with Crippen LogP contribution in [0, 0.1) is 13.8 Å². The van der Waals surface area contributed by atoms with Crippen molar-refractivity contribution < 1.29 is 32.6 Å². The van der Waals surface area contributed by atoms with Crippen LogP contribution in [0.5, 0.6) is 23.0 Å². The van der Waals surface area contributed by atoms with Crippen molar-refractivity contribution in [3.63, 3.8) is 0 Å². The first-order valence-corrected chi connectivity index (χ1v) is 19.7. The number of hydrogen-bond acceptors (Lipinski definition) is 12. The lowest BCUT2D eigenvalue weighted by Gasteiger charge is -2.36. The number of carbonyl (C=O) groups excluding carboxylic acids is 1. The third-order valence-corrected chi connectivity index (χ3v) is 11.1. The van der Waals surface area contributed by atoms with Gasteiger partial charge in [0.15, 0.2) is 22.4 Å². The molecule has 12 nitrogen and oxygen atoms in total. The molecule has 0 saturated heterocycles. The number of halogens is 2. The quantitative estimate of drug-likeness (QED) is 0.0984. The highest BCUT2D eigenvalue weighted by Crippen LogP contribution is 2.56. The molecule has 0 amide bonds. The normalized spacial score (nSPS) is 12.8. The van der Waals surface area contributed by atoms with Crippen LogP contribution in [0.15, 0.2) is 122 Å². The van der Waals surface area contributed by atoms with Gasteiger partial charge in [-0.3, -0.25) is 4.79 Å². The predicted octanol–water partition coefficient (Wildman–Crippen LogP) is 10.4. The van der Waals surface area contributed by atoms with Crippen LogP contribution in [0.3, 0.4) is 0 Å². The Morgan fingerprint density at radius 2 is 1.30 bits per heavy atom. The number of ether oxygens (including phenoxy) is 4. The molecule has 1 aliphatic carbocycles. The minimum Gasteiger partial charge on any atom is -0.495 e. The number of benzene rings is 6. The maximum absolute atomic E-state index is 12.7. The molecule has 1 aromatic heterocycles. The first kappa shape index (κ1) is 40.7. The van der Waals surface area contributed by atoms with E-state index in [1.165, 1.54) is 26.4 Å². The van der Waals surface area contributed by atoms with E-state index in [4.69, 9.17) is 51.0 Å². The molecule has 0 fully saturated rings. The van der Waals surface area contributed by atoms with Crippen LogP contribution >= 0.6 is 23.2 Å². The lowest BCUT2D eigenvalue weighted by molar-refractivity contribution is 0.0224. The summed E-state index contributed by atoms with van der Waals surface area (Å²) in [6.45, 7) is 3.55. The highest BCUT2D eigenvalue weighted by Gasteiger charge is 2.53. The number of nitrogens with zero attached hydrogens (tertiary/aromatic N) is 1. The number of nitrogens with one attached hydrogen (secondary N) is 2. The van der Waals surface area contributed by atoms with Gasteiger partial charge in [-0.1, -0.05) is 41.4 Å². The van der Waals surface area contributed by atoms with Gasteiger partial charge in [0, 0.05) is 83.4 Å². The Bertz CT molecular complexity index is 3070. The number of rotatable bonds is 4. The first-order chi connectivity index (χ1) is 29.4. The molecule has 14 heteroatoms. The van der Waals surface area contributed by atoms with Crippen molar-refractivity contribution in [3.8, 4) is 34.5 Å². The average Bonchev–Trinajstić information content (AvgIpc) is 3.56. The molecular weight excluding hydrogens is 821 g/mol. The van der Waals surface area contributed by atoms with Gasteiger partial charge in [-0.25, -0.2) is 14.6 Å². The summed E-state index contributed by atoms with van der Waals surface area (Å²) in [5, 5.41) is 8.05. The Labute approximate surface area is 358 Å². The molecule has 4 aliphatic rings. The number of fused-ring (bicyclic) bond motifs is 9. The molecule has 6 aromatic rings. The third-order valence-electron chi connectivity index (χ3n) is 10.5. The maximum Gasteiger partial charge on any atom is 0.340 e. The van der Waals surface area contributed by atoms with Crippen molar-refractivity contribution in [3.05, 3.63) is 167 Å². The van der Waals surface area contributed by atoms with Gasteiger partial charge in [0.05, 0.1) is 29.8 Å². The molecule has 0 bridgehead atoms. The van der Waals surface area contributed by atoms with E-state index < -0.39 is 5.60 Å². The number of aromatic nitrogens is 1. The lowest BCUT2D eigenvalue weighted by atomic mass is 9.77. The smallest absolute Gasteiger partial charge is 0.340 e. The standard InChI is InChI=1S/C22H18N2O3.C14H10ClNO3.C11H9ClO3/c1-23-13-7-9-17-19(11-13)26-20-12-14(24-2)8-10-18(20)22(17)16-6-4-3-5-15(16)21(25)27-22;1-7-11(17)4-3-9-14(7)19-13-6-12(18-2)8(15)5-10(13)16-9;1-6-3-11(13)15-9-5-10(14-2)8(12)4-7(6)9/h3-12,23-24H,1-2H3;3-6H,1-2H3;3-5H,1-2H3. The third kappa shape index (κ3) is 7.23. The average molecular weight is 859 g/mol. The fourth-order valence-electron chi connectivity index (χ4n) is 7.43. The zero-order valence-electron chi connectivity index (χ0n) is 33.7. The number of anilines is 2. The maximum atomic E-state index is 12.7. The van der Waals surface area contributed by atoms with E-state index in [0.717, 1.165) is 39.0 Å². The number of carbonyl (C=O) groups is 1. The van der Waals surface area contributed by atoms with E-state index in [9.17, 15) is 14.4 Å². The van der Waals surface area contributed by atoms with Crippen molar-refractivity contribution in [2.75, 3.05) is 38.9 Å². The summed E-state index contributed by atoms with van der Waals surface area (Å²) in [5.41, 5.74) is 7.13. The predicted molar refractivity (Wildman–Crippen MR) is 236 cm³/mol. The Hall–Kier alpha value is -7.02. The first-order valence-electron chi connectivity index (χ1n) is 18.9. The van der Waals surface area contributed by atoms with Gasteiger partial charge < -0.3 is 38.4 Å². The van der Waals surface area contributed by atoms with Gasteiger partial charge in [-0.15, -0.1) is 0 Å². The van der Waals surface area contributed by atoms with E-state index in [0.29, 0.717) is 72.3 Å². The Morgan fingerprint density at radius 3 is 1.93 bits per heavy atom. The summed E-state index contributed by atoms with van der Waals surface area (Å²) >= 11 is 12.0. The summed E-state index contributed by atoms with van der Waals surface area (Å²) in [5.74, 6) is 2.52. The van der Waals surface area contributed by atoms with Crippen molar-refractivity contribution in [2.24, 2.45) is 0 Å². The van der Waals surface area contributed by atoms with Crippen LogP contribution in [0.25, 0.3) is 33.5 Å². The Kier molecular flexibility index (Phi) is 10.8. The van der Waals surface area contributed by atoms with Crippen LogP contribution in [-0.2, 0) is 10.3 Å².